The first-order valence-electron chi connectivity index (χ1n) is 11.7. The van der Waals surface area contributed by atoms with Crippen LogP contribution in [0.15, 0.2) is 23.4 Å². The third-order valence-corrected chi connectivity index (χ3v) is 6.35. The van der Waals surface area contributed by atoms with Crippen molar-refractivity contribution >= 4 is 22.8 Å². The molecule has 0 radical (unpaired) electrons. The number of H-pyrrole nitrogens is 1. The number of aromatic nitrogens is 6. The van der Waals surface area contributed by atoms with Crippen molar-refractivity contribution in [3.63, 3.8) is 0 Å². The maximum atomic E-state index is 12.7. The molecule has 1 amide bonds. The summed E-state index contributed by atoms with van der Waals surface area (Å²) in [5, 5.41) is 11.5. The van der Waals surface area contributed by atoms with Crippen molar-refractivity contribution in [2.24, 2.45) is 0 Å². The van der Waals surface area contributed by atoms with Gasteiger partial charge in [0.2, 0.25) is 11.9 Å². The Morgan fingerprint density at radius 2 is 1.81 bits per heavy atom. The van der Waals surface area contributed by atoms with E-state index >= 15 is 0 Å². The van der Waals surface area contributed by atoms with Crippen molar-refractivity contribution in [3.05, 3.63) is 40.2 Å². The summed E-state index contributed by atoms with van der Waals surface area (Å²) >= 11 is 0. The summed E-state index contributed by atoms with van der Waals surface area (Å²) in [5.41, 5.74) is 0.353. The third kappa shape index (κ3) is 5.17. The average molecular weight is 506 g/mol. The van der Waals surface area contributed by atoms with E-state index in [-0.39, 0.29) is 30.4 Å². The molecule has 1 aliphatic carbocycles. The first-order chi connectivity index (χ1) is 17.3. The van der Waals surface area contributed by atoms with E-state index in [4.69, 9.17) is 4.74 Å². The van der Waals surface area contributed by atoms with Gasteiger partial charge < -0.3 is 14.5 Å². The fourth-order valence-electron chi connectivity index (χ4n) is 4.24. The lowest BCUT2D eigenvalue weighted by Crippen LogP contribution is -2.49. The molecule has 11 nitrogen and oxygen atoms in total. The Morgan fingerprint density at radius 1 is 1.08 bits per heavy atom. The second-order valence-corrected chi connectivity index (χ2v) is 8.84. The van der Waals surface area contributed by atoms with E-state index < -0.39 is 11.7 Å². The first kappa shape index (κ1) is 24.2. The number of nitrogens with zero attached hydrogens (tertiary/aromatic N) is 7. The number of halogens is 3. The average Bonchev–Trinajstić information content (AvgIpc) is 3.65. The maximum absolute atomic E-state index is 12.7. The van der Waals surface area contributed by atoms with Crippen LogP contribution in [0.3, 0.4) is 0 Å². The number of aromatic amines is 1. The Morgan fingerprint density at radius 3 is 2.47 bits per heavy atom. The van der Waals surface area contributed by atoms with Gasteiger partial charge in [0.15, 0.2) is 0 Å². The van der Waals surface area contributed by atoms with E-state index in [1.807, 2.05) is 0 Å². The highest BCUT2D eigenvalue weighted by atomic mass is 19.4. The SMILES string of the molecule is O=C(CCOCCn1nc(C2CC2)c2c(=O)[nH]ncc21)N1CCN(c2ncc(C(F)(F)F)cn2)CC1. The molecule has 0 spiro atoms. The molecule has 2 fully saturated rings. The molecule has 1 saturated heterocycles. The Hall–Kier alpha value is -3.55. The fraction of sp³-hybridized carbons (Fsp3) is 0.545. The van der Waals surface area contributed by atoms with Gasteiger partial charge in [-0.25, -0.2) is 15.1 Å². The van der Waals surface area contributed by atoms with Crippen LogP contribution in [0, 0.1) is 0 Å². The number of nitrogens with one attached hydrogen (secondary N) is 1. The van der Waals surface area contributed by atoms with Crippen molar-refractivity contribution in [1.82, 2.24) is 34.8 Å². The van der Waals surface area contributed by atoms with Crippen molar-refractivity contribution in [1.29, 1.82) is 0 Å². The summed E-state index contributed by atoms with van der Waals surface area (Å²) in [7, 11) is 0. The monoisotopic (exact) mass is 506 g/mol. The topological polar surface area (TPSA) is 122 Å². The highest BCUT2D eigenvalue weighted by Crippen LogP contribution is 2.41. The summed E-state index contributed by atoms with van der Waals surface area (Å²) in [5.74, 6) is 0.480. The van der Waals surface area contributed by atoms with E-state index in [9.17, 15) is 22.8 Å². The van der Waals surface area contributed by atoms with Crippen LogP contribution in [0.4, 0.5) is 19.1 Å². The number of hydrogen-bond acceptors (Lipinski definition) is 8. The molecule has 0 aromatic carbocycles. The molecule has 0 bridgehead atoms. The Labute approximate surface area is 203 Å². The molecule has 5 rings (SSSR count). The minimum Gasteiger partial charge on any atom is -0.379 e. The number of piperazine rings is 1. The number of hydrogen-bond donors (Lipinski definition) is 1. The lowest BCUT2D eigenvalue weighted by Gasteiger charge is -2.34. The molecule has 1 saturated carbocycles. The first-order valence-corrected chi connectivity index (χ1v) is 11.7. The molecule has 0 unspecified atom stereocenters. The molecule has 3 aromatic rings. The van der Waals surface area contributed by atoms with Crippen LogP contribution in [0.5, 0.6) is 0 Å². The number of ether oxygens (including phenoxy) is 1. The molecule has 2 aliphatic rings. The van der Waals surface area contributed by atoms with Crippen LogP contribution in [0.1, 0.15) is 36.4 Å². The van der Waals surface area contributed by atoms with Crippen LogP contribution in [0.2, 0.25) is 0 Å². The molecule has 4 heterocycles. The molecule has 14 heteroatoms. The van der Waals surface area contributed by atoms with Crippen LogP contribution < -0.4 is 10.5 Å². The van der Waals surface area contributed by atoms with Crippen molar-refractivity contribution in [2.45, 2.75) is 37.9 Å². The zero-order valence-electron chi connectivity index (χ0n) is 19.4. The van der Waals surface area contributed by atoms with Gasteiger partial charge in [-0.15, -0.1) is 0 Å². The highest BCUT2D eigenvalue weighted by Gasteiger charge is 2.32. The Kier molecular flexibility index (Phi) is 6.60. The molecule has 192 valence electrons. The molecule has 1 N–H and O–H groups in total. The molecular weight excluding hydrogens is 481 g/mol. The minimum atomic E-state index is -4.48. The standard InChI is InChI=1S/C22H25F3N8O3/c23-22(24,25)15-11-26-21(27-12-15)32-6-4-31(5-7-32)17(34)3-9-36-10-8-33-16-13-28-29-20(35)18(16)19(30-33)14-1-2-14/h11-14H,1-10H2,(H,29,35). The minimum absolute atomic E-state index is 0.0562. The number of carbonyl (C=O) groups is 1. The second kappa shape index (κ2) is 9.84. The van der Waals surface area contributed by atoms with Gasteiger partial charge in [-0.1, -0.05) is 0 Å². The van der Waals surface area contributed by atoms with Gasteiger partial charge in [-0.3, -0.25) is 14.3 Å². The number of fused-ring (bicyclic) bond motifs is 1. The van der Waals surface area contributed by atoms with Gasteiger partial charge in [0.1, 0.15) is 0 Å². The zero-order valence-corrected chi connectivity index (χ0v) is 19.4. The Balaban J connectivity index is 1.05. The van der Waals surface area contributed by atoms with E-state index in [1.54, 1.807) is 20.7 Å². The van der Waals surface area contributed by atoms with Gasteiger partial charge in [0.25, 0.3) is 5.56 Å². The summed E-state index contributed by atoms with van der Waals surface area (Å²) in [6.07, 6.45) is 0.916. The number of carbonyl (C=O) groups excluding carboxylic acids is 1. The Bertz CT molecular complexity index is 1280. The molecule has 3 aromatic heterocycles. The predicted octanol–water partition coefficient (Wildman–Crippen LogP) is 1.56. The van der Waals surface area contributed by atoms with E-state index in [0.717, 1.165) is 30.9 Å². The van der Waals surface area contributed by atoms with Gasteiger partial charge in [0, 0.05) is 44.5 Å². The van der Waals surface area contributed by atoms with Crippen LogP contribution in [-0.2, 0) is 22.3 Å². The quantitative estimate of drug-likeness (QED) is 0.457. The van der Waals surface area contributed by atoms with Gasteiger partial charge >= 0.3 is 6.18 Å². The summed E-state index contributed by atoms with van der Waals surface area (Å²) < 4.78 is 45.4. The summed E-state index contributed by atoms with van der Waals surface area (Å²) in [6, 6.07) is 0. The number of anilines is 1. The molecular formula is C22H25F3N8O3. The smallest absolute Gasteiger partial charge is 0.379 e. The number of amides is 1. The van der Waals surface area contributed by atoms with E-state index in [2.05, 4.69) is 25.3 Å². The summed E-state index contributed by atoms with van der Waals surface area (Å²) in [4.78, 5) is 35.8. The van der Waals surface area contributed by atoms with Crippen LogP contribution in [-0.4, -0.2) is 80.1 Å². The van der Waals surface area contributed by atoms with Gasteiger partial charge in [-0.05, 0) is 12.8 Å². The number of alkyl halides is 3. The molecule has 1 aliphatic heterocycles. The lowest BCUT2D eigenvalue weighted by molar-refractivity contribution is -0.138. The van der Waals surface area contributed by atoms with E-state index in [1.165, 1.54) is 0 Å². The van der Waals surface area contributed by atoms with Crippen molar-refractivity contribution in [2.75, 3.05) is 44.3 Å². The summed E-state index contributed by atoms with van der Waals surface area (Å²) in [6.45, 7) is 2.73. The molecule has 0 atom stereocenters. The third-order valence-electron chi connectivity index (χ3n) is 6.35. The van der Waals surface area contributed by atoms with Gasteiger partial charge in [0.05, 0.1) is 54.5 Å². The lowest BCUT2D eigenvalue weighted by atomic mass is 10.2. The zero-order chi connectivity index (χ0) is 25.3. The van der Waals surface area contributed by atoms with E-state index in [0.29, 0.717) is 56.2 Å². The van der Waals surface area contributed by atoms with Crippen molar-refractivity contribution < 1.29 is 22.7 Å². The largest absolute Gasteiger partial charge is 0.419 e. The second-order valence-electron chi connectivity index (χ2n) is 8.84. The van der Waals surface area contributed by atoms with Gasteiger partial charge in [-0.2, -0.15) is 23.4 Å². The van der Waals surface area contributed by atoms with Crippen LogP contribution in [0.25, 0.3) is 10.9 Å². The maximum Gasteiger partial charge on any atom is 0.419 e. The normalized spacial score (nSPS) is 16.6. The fourth-order valence-corrected chi connectivity index (χ4v) is 4.24. The predicted molar refractivity (Wildman–Crippen MR) is 121 cm³/mol. The van der Waals surface area contributed by atoms with Crippen molar-refractivity contribution in [3.8, 4) is 0 Å². The number of rotatable bonds is 8. The van der Waals surface area contributed by atoms with Crippen LogP contribution >= 0.6 is 0 Å². The highest BCUT2D eigenvalue weighted by molar-refractivity contribution is 5.81. The molecule has 36 heavy (non-hydrogen) atoms.